The first-order chi connectivity index (χ1) is 8.96. The van der Waals surface area contributed by atoms with Gasteiger partial charge in [0.15, 0.2) is 0 Å². The summed E-state index contributed by atoms with van der Waals surface area (Å²) in [6, 6.07) is 5.24. The number of sulfonamides is 1. The van der Waals surface area contributed by atoms with Gasteiger partial charge in [-0.25, -0.2) is 8.42 Å². The first-order valence-corrected chi connectivity index (χ1v) is 8.15. The molecule has 0 bridgehead atoms. The predicted octanol–water partition coefficient (Wildman–Crippen LogP) is 1.57. The van der Waals surface area contributed by atoms with Gasteiger partial charge in [0.25, 0.3) is 0 Å². The summed E-state index contributed by atoms with van der Waals surface area (Å²) in [4.78, 5) is 0.343. The molecule has 1 aliphatic carbocycles. The van der Waals surface area contributed by atoms with Gasteiger partial charge in [0.2, 0.25) is 10.0 Å². The topological polar surface area (TPSA) is 57.6 Å². The molecule has 19 heavy (non-hydrogen) atoms. The Kier molecular flexibility index (Phi) is 4.28. The molecule has 0 spiro atoms. The maximum Gasteiger partial charge on any atom is 0.243 e. The van der Waals surface area contributed by atoms with Crippen LogP contribution in [0.1, 0.15) is 31.4 Å². The van der Waals surface area contributed by atoms with Crippen molar-refractivity contribution >= 4 is 10.0 Å². The molecule has 0 unspecified atom stereocenters. The molecular weight excluding hydrogens is 262 g/mol. The van der Waals surface area contributed by atoms with E-state index in [0.29, 0.717) is 4.90 Å². The average molecular weight is 283 g/mol. The molecule has 0 saturated heterocycles. The van der Waals surface area contributed by atoms with Gasteiger partial charge in [-0.3, -0.25) is 0 Å². The van der Waals surface area contributed by atoms with Gasteiger partial charge in [-0.05, 0) is 56.4 Å². The van der Waals surface area contributed by atoms with Gasteiger partial charge < -0.3 is 5.11 Å². The van der Waals surface area contributed by atoms with Crippen LogP contribution in [0.15, 0.2) is 23.1 Å². The lowest BCUT2D eigenvalue weighted by Gasteiger charge is -2.25. The molecule has 0 aliphatic heterocycles. The minimum atomic E-state index is -3.51. The second kappa shape index (κ2) is 5.61. The lowest BCUT2D eigenvalue weighted by molar-refractivity contribution is 0.236. The number of rotatable bonds is 5. The van der Waals surface area contributed by atoms with Crippen LogP contribution in [0.3, 0.4) is 0 Å². The maximum atomic E-state index is 12.6. The van der Waals surface area contributed by atoms with Crippen molar-refractivity contribution in [2.75, 3.05) is 13.2 Å². The number of benzene rings is 1. The summed E-state index contributed by atoms with van der Waals surface area (Å²) in [5.74, 6) is 0. The molecule has 5 heteroatoms. The smallest absolute Gasteiger partial charge is 0.243 e. The minimum Gasteiger partial charge on any atom is -0.395 e. The van der Waals surface area contributed by atoms with Crippen molar-refractivity contribution in [3.63, 3.8) is 0 Å². The quantitative estimate of drug-likeness (QED) is 0.892. The van der Waals surface area contributed by atoms with Crippen LogP contribution in [-0.4, -0.2) is 37.0 Å². The highest BCUT2D eigenvalue weighted by molar-refractivity contribution is 7.89. The largest absolute Gasteiger partial charge is 0.395 e. The van der Waals surface area contributed by atoms with E-state index in [2.05, 4.69) is 0 Å². The molecule has 0 aromatic heterocycles. The van der Waals surface area contributed by atoms with Crippen LogP contribution in [0.5, 0.6) is 0 Å². The van der Waals surface area contributed by atoms with Crippen molar-refractivity contribution < 1.29 is 13.5 Å². The first kappa shape index (κ1) is 14.5. The van der Waals surface area contributed by atoms with Crippen LogP contribution in [0.25, 0.3) is 0 Å². The van der Waals surface area contributed by atoms with Crippen LogP contribution in [0, 0.1) is 0 Å². The van der Waals surface area contributed by atoms with Crippen molar-refractivity contribution in [3.05, 3.63) is 29.3 Å². The highest BCUT2D eigenvalue weighted by Crippen LogP contribution is 2.26. The van der Waals surface area contributed by atoms with Crippen molar-refractivity contribution in [2.24, 2.45) is 0 Å². The summed E-state index contributed by atoms with van der Waals surface area (Å²) in [7, 11) is -3.51. The number of hydrogen-bond donors (Lipinski definition) is 1. The van der Waals surface area contributed by atoms with Gasteiger partial charge in [-0.1, -0.05) is 6.07 Å². The van der Waals surface area contributed by atoms with Crippen LogP contribution in [0.2, 0.25) is 0 Å². The Morgan fingerprint density at radius 1 is 1.26 bits per heavy atom. The van der Waals surface area contributed by atoms with E-state index in [1.807, 2.05) is 19.9 Å². The molecular formula is C14H21NO3S. The summed E-state index contributed by atoms with van der Waals surface area (Å²) >= 11 is 0. The Balaban J connectivity index is 2.38. The summed E-state index contributed by atoms with van der Waals surface area (Å²) in [5, 5.41) is 9.04. The van der Waals surface area contributed by atoms with Crippen LogP contribution >= 0.6 is 0 Å². The number of fused-ring (bicyclic) bond motifs is 1. The van der Waals surface area contributed by atoms with E-state index < -0.39 is 10.0 Å². The van der Waals surface area contributed by atoms with Gasteiger partial charge in [0, 0.05) is 12.6 Å². The second-order valence-electron chi connectivity index (χ2n) is 5.22. The van der Waals surface area contributed by atoms with E-state index in [1.54, 1.807) is 12.1 Å². The second-order valence-corrected chi connectivity index (χ2v) is 7.11. The molecule has 0 atom stereocenters. The van der Waals surface area contributed by atoms with E-state index >= 15 is 0 Å². The Morgan fingerprint density at radius 3 is 2.58 bits per heavy atom. The predicted molar refractivity (Wildman–Crippen MR) is 74.6 cm³/mol. The van der Waals surface area contributed by atoms with Crippen molar-refractivity contribution in [2.45, 2.75) is 44.0 Å². The van der Waals surface area contributed by atoms with Crippen molar-refractivity contribution in [3.8, 4) is 0 Å². The molecule has 4 nitrogen and oxygen atoms in total. The van der Waals surface area contributed by atoms with Crippen LogP contribution in [-0.2, 0) is 22.9 Å². The van der Waals surface area contributed by atoms with E-state index in [-0.39, 0.29) is 19.2 Å². The van der Waals surface area contributed by atoms with Gasteiger partial charge >= 0.3 is 0 Å². The average Bonchev–Trinajstić information content (AvgIpc) is 2.82. The lowest BCUT2D eigenvalue weighted by Crippen LogP contribution is -2.38. The monoisotopic (exact) mass is 283 g/mol. The number of aliphatic hydroxyl groups excluding tert-OH is 1. The number of nitrogens with zero attached hydrogens (tertiary/aromatic N) is 1. The van der Waals surface area contributed by atoms with E-state index in [4.69, 9.17) is 5.11 Å². The molecule has 106 valence electrons. The lowest BCUT2D eigenvalue weighted by atomic mass is 10.1. The molecule has 1 aromatic rings. The normalized spacial score (nSPS) is 15.2. The third-order valence-electron chi connectivity index (χ3n) is 3.57. The number of hydrogen-bond acceptors (Lipinski definition) is 3. The zero-order chi connectivity index (χ0) is 14.0. The Hall–Kier alpha value is -0.910. The fourth-order valence-corrected chi connectivity index (χ4v) is 4.28. The minimum absolute atomic E-state index is 0.136. The molecule has 0 heterocycles. The molecule has 1 N–H and O–H groups in total. The fraction of sp³-hybridized carbons (Fsp3) is 0.571. The third-order valence-corrected chi connectivity index (χ3v) is 5.64. The van der Waals surface area contributed by atoms with E-state index in [1.165, 1.54) is 9.87 Å². The van der Waals surface area contributed by atoms with Crippen molar-refractivity contribution in [1.82, 2.24) is 4.31 Å². The van der Waals surface area contributed by atoms with Gasteiger partial charge in [0.1, 0.15) is 0 Å². The highest BCUT2D eigenvalue weighted by Gasteiger charge is 2.27. The van der Waals surface area contributed by atoms with Gasteiger partial charge in [-0.2, -0.15) is 4.31 Å². The SMILES string of the molecule is CC(C)N(CCO)S(=O)(=O)c1ccc2c(c1)CCC2. The molecule has 0 saturated carbocycles. The zero-order valence-electron chi connectivity index (χ0n) is 11.5. The molecule has 1 aliphatic rings. The van der Waals surface area contributed by atoms with Crippen LogP contribution < -0.4 is 0 Å². The van der Waals surface area contributed by atoms with Gasteiger partial charge in [0.05, 0.1) is 11.5 Å². The summed E-state index contributed by atoms with van der Waals surface area (Å²) in [5.41, 5.74) is 2.41. The Bertz CT molecular complexity index is 552. The molecule has 0 amide bonds. The maximum absolute atomic E-state index is 12.6. The van der Waals surface area contributed by atoms with E-state index in [0.717, 1.165) is 24.8 Å². The fourth-order valence-electron chi connectivity index (χ4n) is 2.60. The molecule has 1 aromatic carbocycles. The summed E-state index contributed by atoms with van der Waals surface area (Å²) < 4.78 is 26.5. The highest BCUT2D eigenvalue weighted by atomic mass is 32.2. The molecule has 0 fully saturated rings. The number of aryl methyl sites for hydroxylation is 2. The molecule has 0 radical (unpaired) electrons. The first-order valence-electron chi connectivity index (χ1n) is 6.71. The Labute approximate surface area is 115 Å². The third kappa shape index (κ3) is 2.83. The summed E-state index contributed by atoms with van der Waals surface area (Å²) in [6.45, 7) is 3.61. The van der Waals surface area contributed by atoms with Crippen LogP contribution in [0.4, 0.5) is 0 Å². The van der Waals surface area contributed by atoms with E-state index in [9.17, 15) is 8.42 Å². The zero-order valence-corrected chi connectivity index (χ0v) is 12.3. The number of aliphatic hydroxyl groups is 1. The van der Waals surface area contributed by atoms with Crippen molar-refractivity contribution in [1.29, 1.82) is 0 Å². The summed E-state index contributed by atoms with van der Waals surface area (Å²) in [6.07, 6.45) is 3.10. The molecule has 2 rings (SSSR count). The van der Waals surface area contributed by atoms with Gasteiger partial charge in [-0.15, -0.1) is 0 Å². The Morgan fingerprint density at radius 2 is 1.95 bits per heavy atom. The standard InChI is InChI=1S/C14H21NO3S/c1-11(2)15(8-9-16)19(17,18)14-7-6-12-4-3-5-13(12)10-14/h6-7,10-11,16H,3-5,8-9H2,1-2H3.